The zero-order chi connectivity index (χ0) is 13.2. The number of pyridine rings is 1. The van der Waals surface area contributed by atoms with Crippen LogP contribution in [0.4, 0.5) is 5.69 Å². The number of carboxylic acid groups (broad SMARTS) is 1. The van der Waals surface area contributed by atoms with Gasteiger partial charge in [-0.15, -0.1) is 0 Å². The second kappa shape index (κ2) is 4.65. The molecule has 94 valence electrons. The van der Waals surface area contributed by atoms with Gasteiger partial charge in [0, 0.05) is 12.7 Å². The van der Waals surface area contributed by atoms with Crippen LogP contribution in [-0.2, 0) is 4.79 Å². The summed E-state index contributed by atoms with van der Waals surface area (Å²) in [5, 5.41) is 18.6. The molecule has 1 aliphatic heterocycles. The zero-order valence-electron chi connectivity index (χ0n) is 10.3. The van der Waals surface area contributed by atoms with Crippen LogP contribution in [0.2, 0.25) is 0 Å². The fourth-order valence-corrected chi connectivity index (χ4v) is 2.43. The maximum Gasteiger partial charge on any atom is 0.329 e. The topological polar surface area (TPSA) is 77.2 Å². The molecule has 0 radical (unpaired) electrons. The van der Waals surface area contributed by atoms with E-state index < -0.39 is 11.5 Å². The number of aliphatic carboxylic acids is 1. The minimum atomic E-state index is -0.952. The van der Waals surface area contributed by atoms with Crippen LogP contribution in [0.5, 0.6) is 0 Å². The van der Waals surface area contributed by atoms with Crippen LogP contribution in [0.25, 0.3) is 0 Å². The van der Waals surface area contributed by atoms with Gasteiger partial charge < -0.3 is 10.0 Å². The molecular weight excluding hydrogens is 230 g/mol. The normalized spacial score (nSPS) is 23.4. The molecule has 2 rings (SSSR count). The van der Waals surface area contributed by atoms with Crippen molar-refractivity contribution in [3.63, 3.8) is 0 Å². The number of carbonyl (C=O) groups is 1. The Morgan fingerprint density at radius 1 is 1.61 bits per heavy atom. The quantitative estimate of drug-likeness (QED) is 0.859. The van der Waals surface area contributed by atoms with Crippen LogP contribution in [0.1, 0.15) is 31.7 Å². The summed E-state index contributed by atoms with van der Waals surface area (Å²) in [6.45, 7) is 2.35. The van der Waals surface area contributed by atoms with E-state index in [1.807, 2.05) is 0 Å². The number of anilines is 1. The smallest absolute Gasteiger partial charge is 0.329 e. The summed E-state index contributed by atoms with van der Waals surface area (Å²) < 4.78 is 0. The number of rotatable bonds is 2. The number of hydrogen-bond acceptors (Lipinski definition) is 4. The van der Waals surface area contributed by atoms with Gasteiger partial charge in [-0.3, -0.25) is 4.98 Å². The molecule has 0 spiro atoms. The van der Waals surface area contributed by atoms with Gasteiger partial charge in [-0.25, -0.2) is 4.79 Å². The minimum absolute atomic E-state index is 0.472. The molecule has 5 heteroatoms. The first kappa shape index (κ1) is 12.4. The number of nitriles is 1. The maximum atomic E-state index is 11.5. The van der Waals surface area contributed by atoms with Gasteiger partial charge in [-0.1, -0.05) is 0 Å². The molecule has 0 aromatic carbocycles. The van der Waals surface area contributed by atoms with E-state index in [0.717, 1.165) is 12.8 Å². The molecule has 1 atom stereocenters. The van der Waals surface area contributed by atoms with Crippen molar-refractivity contribution in [3.8, 4) is 6.07 Å². The van der Waals surface area contributed by atoms with Crippen molar-refractivity contribution in [2.24, 2.45) is 0 Å². The third kappa shape index (κ3) is 1.90. The Morgan fingerprint density at radius 3 is 3.06 bits per heavy atom. The van der Waals surface area contributed by atoms with E-state index in [-0.39, 0.29) is 0 Å². The van der Waals surface area contributed by atoms with Gasteiger partial charge >= 0.3 is 5.97 Å². The average Bonchev–Trinajstić information content (AvgIpc) is 2.39. The van der Waals surface area contributed by atoms with Gasteiger partial charge in [-0.2, -0.15) is 5.26 Å². The maximum absolute atomic E-state index is 11.5. The highest BCUT2D eigenvalue weighted by atomic mass is 16.4. The lowest BCUT2D eigenvalue weighted by Crippen LogP contribution is -2.55. The molecule has 0 bridgehead atoms. The van der Waals surface area contributed by atoms with E-state index >= 15 is 0 Å². The lowest BCUT2D eigenvalue weighted by atomic mass is 9.87. The van der Waals surface area contributed by atoms with Crippen LogP contribution in [-0.4, -0.2) is 28.1 Å². The molecule has 2 heterocycles. The summed E-state index contributed by atoms with van der Waals surface area (Å²) in [5.41, 5.74) is 0.136. The Hall–Kier alpha value is -2.09. The third-order valence-electron chi connectivity index (χ3n) is 3.56. The summed E-state index contributed by atoms with van der Waals surface area (Å²) in [7, 11) is 0. The zero-order valence-corrected chi connectivity index (χ0v) is 10.3. The summed E-state index contributed by atoms with van der Waals surface area (Å²) in [6, 6.07) is 3.71. The van der Waals surface area contributed by atoms with Gasteiger partial charge in [0.1, 0.15) is 11.6 Å². The molecule has 0 amide bonds. The molecule has 1 saturated heterocycles. The average molecular weight is 245 g/mol. The molecule has 0 saturated carbocycles. The van der Waals surface area contributed by atoms with Gasteiger partial charge in [0.2, 0.25) is 0 Å². The predicted molar refractivity (Wildman–Crippen MR) is 66.2 cm³/mol. The monoisotopic (exact) mass is 245 g/mol. The Kier molecular flexibility index (Phi) is 3.19. The highest BCUT2D eigenvalue weighted by Gasteiger charge is 2.42. The summed E-state index contributed by atoms with van der Waals surface area (Å²) in [4.78, 5) is 17.3. The van der Waals surface area contributed by atoms with Crippen molar-refractivity contribution in [3.05, 3.63) is 24.0 Å². The Balaban J connectivity index is 2.47. The number of hydrogen-bond donors (Lipinski definition) is 1. The SMILES string of the molecule is CC1(C(=O)O)CCCCN1c1cnccc1C#N. The van der Waals surface area contributed by atoms with Crippen molar-refractivity contribution < 1.29 is 9.90 Å². The van der Waals surface area contributed by atoms with Gasteiger partial charge in [0.05, 0.1) is 17.4 Å². The van der Waals surface area contributed by atoms with Gasteiger partial charge in [0.25, 0.3) is 0 Å². The van der Waals surface area contributed by atoms with Crippen molar-refractivity contribution in [1.29, 1.82) is 5.26 Å². The molecule has 0 aliphatic carbocycles. The molecule has 1 unspecified atom stereocenters. The highest BCUT2D eigenvalue weighted by molar-refractivity contribution is 5.84. The van der Waals surface area contributed by atoms with Crippen LogP contribution in [0.15, 0.2) is 18.5 Å². The fourth-order valence-electron chi connectivity index (χ4n) is 2.43. The van der Waals surface area contributed by atoms with Crippen LogP contribution < -0.4 is 4.90 Å². The molecule has 1 fully saturated rings. The van der Waals surface area contributed by atoms with E-state index in [1.54, 1.807) is 30.3 Å². The lowest BCUT2D eigenvalue weighted by Gasteiger charge is -2.43. The standard InChI is InChI=1S/C13H15N3O2/c1-13(12(17)18)5-2-3-7-16(13)11-9-15-6-4-10(11)8-14/h4,6,9H,2-3,5,7H2,1H3,(H,17,18). The van der Waals surface area contributed by atoms with Gasteiger partial charge in [0.15, 0.2) is 0 Å². The summed E-state index contributed by atoms with van der Waals surface area (Å²) >= 11 is 0. The van der Waals surface area contributed by atoms with Gasteiger partial charge in [-0.05, 0) is 32.3 Å². The van der Waals surface area contributed by atoms with E-state index in [9.17, 15) is 9.90 Å². The summed E-state index contributed by atoms with van der Waals surface area (Å²) in [5.74, 6) is -0.852. The second-order valence-corrected chi connectivity index (χ2v) is 4.69. The lowest BCUT2D eigenvalue weighted by molar-refractivity contribution is -0.143. The Bertz CT molecular complexity index is 509. The van der Waals surface area contributed by atoms with Crippen molar-refractivity contribution in [2.45, 2.75) is 31.7 Å². The molecule has 1 aromatic heterocycles. The largest absolute Gasteiger partial charge is 0.480 e. The molecule has 1 aromatic rings. The highest BCUT2D eigenvalue weighted by Crippen LogP contribution is 2.34. The first-order chi connectivity index (χ1) is 8.59. The van der Waals surface area contributed by atoms with E-state index in [1.165, 1.54) is 0 Å². The fraction of sp³-hybridized carbons (Fsp3) is 0.462. The number of piperidine rings is 1. The number of carboxylic acids is 1. The van der Waals surface area contributed by atoms with Crippen LogP contribution in [0, 0.1) is 11.3 Å². The van der Waals surface area contributed by atoms with E-state index in [2.05, 4.69) is 11.1 Å². The van der Waals surface area contributed by atoms with E-state index in [4.69, 9.17) is 5.26 Å². The minimum Gasteiger partial charge on any atom is -0.480 e. The van der Waals surface area contributed by atoms with Crippen molar-refractivity contribution in [1.82, 2.24) is 4.98 Å². The first-order valence-corrected chi connectivity index (χ1v) is 5.95. The molecule has 1 aliphatic rings. The molecular formula is C13H15N3O2. The van der Waals surface area contributed by atoms with Crippen molar-refractivity contribution >= 4 is 11.7 Å². The Labute approximate surface area is 106 Å². The molecule has 1 N–H and O–H groups in total. The number of nitrogens with zero attached hydrogens (tertiary/aromatic N) is 3. The third-order valence-corrected chi connectivity index (χ3v) is 3.56. The second-order valence-electron chi connectivity index (χ2n) is 4.69. The number of aromatic nitrogens is 1. The first-order valence-electron chi connectivity index (χ1n) is 5.95. The predicted octanol–water partition coefficient (Wildman–Crippen LogP) is 1.79. The molecule has 18 heavy (non-hydrogen) atoms. The van der Waals surface area contributed by atoms with Crippen LogP contribution >= 0.6 is 0 Å². The Morgan fingerprint density at radius 2 is 2.39 bits per heavy atom. The van der Waals surface area contributed by atoms with E-state index in [0.29, 0.717) is 24.2 Å². The van der Waals surface area contributed by atoms with Crippen molar-refractivity contribution in [2.75, 3.05) is 11.4 Å². The van der Waals surface area contributed by atoms with Crippen LogP contribution in [0.3, 0.4) is 0 Å². The summed E-state index contributed by atoms with van der Waals surface area (Å²) in [6.07, 6.45) is 5.53. The molecule has 5 nitrogen and oxygen atoms in total.